The first-order chi connectivity index (χ1) is 27.7. The number of rotatable bonds is 6. The Morgan fingerprint density at radius 1 is 0.464 bits per heavy atom. The zero-order chi connectivity index (χ0) is 37.0. The SMILES string of the molecule is C1=CCC(c2nc(-c3cccc4oc5ccc(-c6ccc(-c7ccccc7-c7ccccc7)cc6)cc5c34)nc(-c3cccc4sc5ccccc5c34)n2)C=C1. The third-order valence-electron chi connectivity index (χ3n) is 10.9. The summed E-state index contributed by atoms with van der Waals surface area (Å²) < 4.78 is 8.98. The molecule has 10 aromatic rings. The van der Waals surface area contributed by atoms with Crippen LogP contribution in [0.5, 0.6) is 0 Å². The maximum absolute atomic E-state index is 6.50. The highest BCUT2D eigenvalue weighted by Crippen LogP contribution is 2.42. The second-order valence-electron chi connectivity index (χ2n) is 14.3. The van der Waals surface area contributed by atoms with E-state index in [4.69, 9.17) is 19.4 Å². The van der Waals surface area contributed by atoms with Crippen molar-refractivity contribution < 1.29 is 4.42 Å². The molecule has 0 saturated carbocycles. The van der Waals surface area contributed by atoms with Crippen molar-refractivity contribution in [1.82, 2.24) is 15.0 Å². The van der Waals surface area contributed by atoms with Gasteiger partial charge in [-0.3, -0.25) is 0 Å². The molecule has 4 nitrogen and oxygen atoms in total. The van der Waals surface area contributed by atoms with Crippen LogP contribution in [-0.4, -0.2) is 15.0 Å². The Bertz CT molecular complexity index is 3170. The maximum Gasteiger partial charge on any atom is 0.164 e. The van der Waals surface area contributed by atoms with Crippen LogP contribution < -0.4 is 0 Å². The summed E-state index contributed by atoms with van der Waals surface area (Å²) in [6, 6.07) is 55.7. The van der Waals surface area contributed by atoms with Crippen molar-refractivity contribution in [3.05, 3.63) is 188 Å². The van der Waals surface area contributed by atoms with Crippen LogP contribution in [0, 0.1) is 0 Å². The third-order valence-corrected chi connectivity index (χ3v) is 12.0. The summed E-state index contributed by atoms with van der Waals surface area (Å²) in [6.45, 7) is 0. The molecule has 1 aliphatic rings. The van der Waals surface area contributed by atoms with Crippen LogP contribution in [0.1, 0.15) is 18.2 Å². The highest BCUT2D eigenvalue weighted by Gasteiger charge is 2.22. The number of benzene rings is 7. The molecule has 1 atom stereocenters. The zero-order valence-corrected chi connectivity index (χ0v) is 31.1. The molecule has 0 radical (unpaired) electrons. The van der Waals surface area contributed by atoms with Gasteiger partial charge in [0.1, 0.15) is 17.0 Å². The third kappa shape index (κ3) is 5.55. The summed E-state index contributed by atoms with van der Waals surface area (Å²) in [7, 11) is 0. The van der Waals surface area contributed by atoms with Gasteiger partial charge in [0, 0.05) is 48.0 Å². The Morgan fingerprint density at radius 3 is 1.89 bits per heavy atom. The average Bonchev–Trinajstić information content (AvgIpc) is 3.85. The monoisotopic (exact) mass is 735 g/mol. The number of nitrogens with zero attached hydrogens (tertiary/aromatic N) is 3. The van der Waals surface area contributed by atoms with Gasteiger partial charge in [0.05, 0.1) is 0 Å². The first-order valence-electron chi connectivity index (χ1n) is 19.0. The molecule has 56 heavy (non-hydrogen) atoms. The van der Waals surface area contributed by atoms with Gasteiger partial charge < -0.3 is 4.42 Å². The van der Waals surface area contributed by atoms with Crippen molar-refractivity contribution >= 4 is 53.4 Å². The van der Waals surface area contributed by atoms with Crippen molar-refractivity contribution in [2.24, 2.45) is 0 Å². The predicted molar refractivity (Wildman–Crippen MR) is 233 cm³/mol. The van der Waals surface area contributed by atoms with E-state index in [1.165, 1.54) is 42.4 Å². The quantitative estimate of drug-likeness (QED) is 0.171. The molecule has 5 heteroatoms. The molecule has 3 aromatic heterocycles. The number of furan rings is 1. The number of aromatic nitrogens is 3. The zero-order valence-electron chi connectivity index (χ0n) is 30.3. The number of thiophene rings is 1. The fourth-order valence-corrected chi connectivity index (χ4v) is 9.30. The fraction of sp³-hybridized carbons (Fsp3) is 0.0392. The normalized spacial score (nSPS) is 14.0. The molecule has 0 amide bonds. The molecule has 7 aromatic carbocycles. The minimum Gasteiger partial charge on any atom is -0.456 e. The van der Waals surface area contributed by atoms with Crippen molar-refractivity contribution in [1.29, 1.82) is 0 Å². The van der Waals surface area contributed by atoms with Crippen LogP contribution in [0.2, 0.25) is 0 Å². The first-order valence-corrected chi connectivity index (χ1v) is 19.8. The summed E-state index contributed by atoms with van der Waals surface area (Å²) in [5, 5.41) is 4.43. The van der Waals surface area contributed by atoms with Crippen molar-refractivity contribution in [2.45, 2.75) is 12.3 Å². The van der Waals surface area contributed by atoms with Crippen LogP contribution in [0.4, 0.5) is 0 Å². The van der Waals surface area contributed by atoms with Gasteiger partial charge >= 0.3 is 0 Å². The molecule has 3 heterocycles. The van der Waals surface area contributed by atoms with Crippen molar-refractivity contribution in [3.8, 4) is 56.2 Å². The van der Waals surface area contributed by atoms with Gasteiger partial charge in [-0.1, -0.05) is 152 Å². The van der Waals surface area contributed by atoms with E-state index in [1.807, 2.05) is 12.1 Å². The summed E-state index contributed by atoms with van der Waals surface area (Å²) in [6.07, 6.45) is 9.38. The highest BCUT2D eigenvalue weighted by atomic mass is 32.1. The Kier molecular flexibility index (Phi) is 7.78. The van der Waals surface area contributed by atoms with Crippen LogP contribution in [-0.2, 0) is 0 Å². The van der Waals surface area contributed by atoms with Gasteiger partial charge in [-0.05, 0) is 70.1 Å². The topological polar surface area (TPSA) is 51.8 Å². The number of hydrogen-bond acceptors (Lipinski definition) is 5. The maximum atomic E-state index is 6.50. The average molecular weight is 736 g/mol. The van der Waals surface area contributed by atoms with Crippen molar-refractivity contribution in [2.75, 3.05) is 0 Å². The summed E-state index contributed by atoms with van der Waals surface area (Å²) in [5.41, 5.74) is 10.7. The van der Waals surface area contributed by atoms with Crippen LogP contribution in [0.15, 0.2) is 186 Å². The van der Waals surface area contributed by atoms with E-state index in [0.717, 1.165) is 56.4 Å². The lowest BCUT2D eigenvalue weighted by atomic mass is 9.93. The van der Waals surface area contributed by atoms with E-state index >= 15 is 0 Å². The van der Waals surface area contributed by atoms with Crippen LogP contribution in [0.3, 0.4) is 0 Å². The minimum absolute atomic E-state index is 0.0495. The fourth-order valence-electron chi connectivity index (χ4n) is 8.17. The molecule has 0 aliphatic heterocycles. The smallest absolute Gasteiger partial charge is 0.164 e. The van der Waals surface area contributed by atoms with Crippen LogP contribution >= 0.6 is 11.3 Å². The molecule has 0 N–H and O–H groups in total. The Morgan fingerprint density at radius 2 is 1.11 bits per heavy atom. The van der Waals surface area contributed by atoms with E-state index in [-0.39, 0.29) is 5.92 Å². The van der Waals surface area contributed by atoms with E-state index in [0.29, 0.717) is 11.6 Å². The lowest BCUT2D eigenvalue weighted by molar-refractivity contribution is 0.669. The molecule has 0 bridgehead atoms. The molecule has 0 spiro atoms. The number of hydrogen-bond donors (Lipinski definition) is 0. The lowest BCUT2D eigenvalue weighted by Gasteiger charge is -2.15. The first kappa shape index (κ1) is 32.5. The number of fused-ring (bicyclic) bond motifs is 6. The Balaban J connectivity index is 1.05. The summed E-state index contributed by atoms with van der Waals surface area (Å²) in [5.74, 6) is 2.14. The second kappa shape index (κ2) is 13.4. The van der Waals surface area contributed by atoms with E-state index in [2.05, 4.69) is 170 Å². The molecule has 264 valence electrons. The van der Waals surface area contributed by atoms with Gasteiger partial charge in [0.15, 0.2) is 11.6 Å². The van der Waals surface area contributed by atoms with Crippen molar-refractivity contribution in [3.63, 3.8) is 0 Å². The summed E-state index contributed by atoms with van der Waals surface area (Å²) in [4.78, 5) is 15.7. The highest BCUT2D eigenvalue weighted by molar-refractivity contribution is 7.25. The minimum atomic E-state index is 0.0495. The molecule has 11 rings (SSSR count). The van der Waals surface area contributed by atoms with Gasteiger partial charge in [-0.25, -0.2) is 15.0 Å². The van der Waals surface area contributed by atoms with E-state index in [9.17, 15) is 0 Å². The van der Waals surface area contributed by atoms with Gasteiger partial charge in [-0.2, -0.15) is 0 Å². The molecule has 0 fully saturated rings. The standard InChI is InChI=1S/C51H33N3OS/c1-3-13-33(14-4-1)37-17-7-8-18-38(37)34-27-25-32(26-28-34)36-29-30-43-42(31-36)47-40(20-11-22-44(47)55-43)50-52-49(35-15-5-2-6-16-35)53-51(54-50)41-21-12-24-46-48(41)39-19-9-10-23-45(39)56-46/h1-15,17-31,35H,16H2. The Hall–Kier alpha value is -6.95. The molecule has 1 unspecified atom stereocenters. The van der Waals surface area contributed by atoms with Gasteiger partial charge in [0.2, 0.25) is 0 Å². The number of allylic oxidation sites excluding steroid dienone is 4. The second-order valence-corrected chi connectivity index (χ2v) is 15.3. The molecular formula is C51H33N3OS. The Labute approximate surface area is 327 Å². The largest absolute Gasteiger partial charge is 0.456 e. The summed E-state index contributed by atoms with van der Waals surface area (Å²) >= 11 is 1.80. The lowest BCUT2D eigenvalue weighted by Crippen LogP contribution is -2.08. The van der Waals surface area contributed by atoms with E-state index in [1.54, 1.807) is 11.3 Å². The van der Waals surface area contributed by atoms with E-state index < -0.39 is 0 Å². The molecular weight excluding hydrogens is 703 g/mol. The molecule has 0 saturated heterocycles. The van der Waals surface area contributed by atoms with Gasteiger partial charge in [-0.15, -0.1) is 11.3 Å². The van der Waals surface area contributed by atoms with Gasteiger partial charge in [0.25, 0.3) is 0 Å². The predicted octanol–water partition coefficient (Wildman–Crippen LogP) is 14.1. The molecule has 1 aliphatic carbocycles. The van der Waals surface area contributed by atoms with Crippen LogP contribution in [0.25, 0.3) is 98.3 Å².